The lowest BCUT2D eigenvalue weighted by Gasteiger charge is -2.38. The van der Waals surface area contributed by atoms with E-state index in [9.17, 15) is 13.6 Å². The molecule has 2 atom stereocenters. The van der Waals surface area contributed by atoms with Crippen LogP contribution >= 0.6 is 0 Å². The SMILES string of the molecule is CC1C(=O)CCN(c2c(F)cccc2F)C1C. The van der Waals surface area contributed by atoms with Gasteiger partial charge in [0.05, 0.1) is 0 Å². The number of carbonyl (C=O) groups is 1. The Morgan fingerprint density at radius 2 is 1.82 bits per heavy atom. The number of benzene rings is 1. The van der Waals surface area contributed by atoms with Crippen LogP contribution in [0.2, 0.25) is 0 Å². The second-order valence-electron chi connectivity index (χ2n) is 4.51. The van der Waals surface area contributed by atoms with E-state index in [4.69, 9.17) is 0 Å². The predicted octanol–water partition coefficient (Wildman–Crippen LogP) is 2.77. The summed E-state index contributed by atoms with van der Waals surface area (Å²) in [5.74, 6) is -1.18. The molecule has 0 spiro atoms. The van der Waals surface area contributed by atoms with Gasteiger partial charge in [-0.25, -0.2) is 8.78 Å². The fourth-order valence-electron chi connectivity index (χ4n) is 2.28. The van der Waals surface area contributed by atoms with Gasteiger partial charge in [-0.15, -0.1) is 0 Å². The van der Waals surface area contributed by atoms with Crippen LogP contribution in [0.1, 0.15) is 20.3 Å². The molecule has 0 amide bonds. The van der Waals surface area contributed by atoms with E-state index < -0.39 is 11.6 Å². The van der Waals surface area contributed by atoms with Crippen LogP contribution in [0.25, 0.3) is 0 Å². The fourth-order valence-corrected chi connectivity index (χ4v) is 2.28. The number of Topliss-reactive ketones (excluding diaryl/α,β-unsaturated/α-hetero) is 1. The summed E-state index contributed by atoms with van der Waals surface area (Å²) < 4.78 is 27.3. The average Bonchev–Trinajstić information content (AvgIpc) is 2.29. The first-order valence-corrected chi connectivity index (χ1v) is 5.75. The molecule has 1 aliphatic rings. The molecule has 1 aromatic carbocycles. The zero-order chi connectivity index (χ0) is 12.6. The molecule has 92 valence electrons. The largest absolute Gasteiger partial charge is 0.363 e. The highest BCUT2D eigenvalue weighted by Gasteiger charge is 2.33. The number of para-hydroxylation sites is 1. The molecule has 0 saturated carbocycles. The first-order valence-electron chi connectivity index (χ1n) is 5.75. The molecular formula is C13H15F2NO. The Labute approximate surface area is 99.2 Å². The number of hydrogen-bond acceptors (Lipinski definition) is 2. The highest BCUT2D eigenvalue weighted by Crippen LogP contribution is 2.30. The summed E-state index contributed by atoms with van der Waals surface area (Å²) in [6.45, 7) is 4.01. The molecule has 0 radical (unpaired) electrons. The molecule has 0 aliphatic carbocycles. The highest BCUT2D eigenvalue weighted by molar-refractivity contribution is 5.84. The molecule has 1 saturated heterocycles. The number of rotatable bonds is 1. The Morgan fingerprint density at radius 1 is 1.24 bits per heavy atom. The maximum atomic E-state index is 13.7. The topological polar surface area (TPSA) is 20.3 Å². The van der Waals surface area contributed by atoms with Crippen LogP contribution < -0.4 is 4.90 Å². The smallest absolute Gasteiger partial charge is 0.149 e. The van der Waals surface area contributed by atoms with Crippen molar-refractivity contribution in [2.45, 2.75) is 26.3 Å². The summed E-state index contributed by atoms with van der Waals surface area (Å²) >= 11 is 0. The molecule has 1 aromatic rings. The van der Waals surface area contributed by atoms with E-state index in [2.05, 4.69) is 0 Å². The van der Waals surface area contributed by atoms with E-state index in [-0.39, 0.29) is 23.4 Å². The molecule has 2 unspecified atom stereocenters. The van der Waals surface area contributed by atoms with Gasteiger partial charge in [-0.1, -0.05) is 13.0 Å². The molecule has 0 bridgehead atoms. The van der Waals surface area contributed by atoms with Crippen molar-refractivity contribution < 1.29 is 13.6 Å². The lowest BCUT2D eigenvalue weighted by Crippen LogP contribution is -2.47. The molecule has 1 aliphatic heterocycles. The first-order chi connectivity index (χ1) is 8.02. The molecule has 1 fully saturated rings. The Morgan fingerprint density at radius 3 is 2.41 bits per heavy atom. The van der Waals surface area contributed by atoms with Crippen molar-refractivity contribution in [3.63, 3.8) is 0 Å². The van der Waals surface area contributed by atoms with E-state index in [0.29, 0.717) is 13.0 Å². The maximum absolute atomic E-state index is 13.7. The number of anilines is 1. The summed E-state index contributed by atoms with van der Waals surface area (Å²) in [4.78, 5) is 13.2. The average molecular weight is 239 g/mol. The van der Waals surface area contributed by atoms with Crippen molar-refractivity contribution in [3.8, 4) is 0 Å². The number of hydrogen-bond donors (Lipinski definition) is 0. The van der Waals surface area contributed by atoms with Crippen LogP contribution in [0, 0.1) is 17.6 Å². The van der Waals surface area contributed by atoms with Gasteiger partial charge in [0.25, 0.3) is 0 Å². The quantitative estimate of drug-likeness (QED) is 0.751. The van der Waals surface area contributed by atoms with Crippen LogP contribution in [0.3, 0.4) is 0 Å². The summed E-state index contributed by atoms with van der Waals surface area (Å²) in [6.07, 6.45) is 0.347. The predicted molar refractivity (Wildman–Crippen MR) is 62.0 cm³/mol. The van der Waals surface area contributed by atoms with E-state index in [0.717, 1.165) is 0 Å². The van der Waals surface area contributed by atoms with Crippen molar-refractivity contribution in [3.05, 3.63) is 29.8 Å². The van der Waals surface area contributed by atoms with E-state index in [1.807, 2.05) is 6.92 Å². The molecule has 2 rings (SSSR count). The minimum absolute atomic E-state index is 0.0145. The summed E-state index contributed by atoms with van der Waals surface area (Å²) in [5.41, 5.74) is -0.0145. The third-order valence-electron chi connectivity index (χ3n) is 3.55. The maximum Gasteiger partial charge on any atom is 0.149 e. The van der Waals surface area contributed by atoms with Crippen molar-refractivity contribution >= 4 is 11.5 Å². The van der Waals surface area contributed by atoms with Gasteiger partial charge < -0.3 is 4.90 Å². The van der Waals surface area contributed by atoms with Crippen LogP contribution in [-0.2, 0) is 4.79 Å². The number of carbonyl (C=O) groups excluding carboxylic acids is 1. The van der Waals surface area contributed by atoms with Crippen LogP contribution in [0.4, 0.5) is 14.5 Å². The summed E-state index contributed by atoms with van der Waals surface area (Å²) in [6, 6.07) is 3.65. The normalized spacial score (nSPS) is 25.2. The van der Waals surface area contributed by atoms with Gasteiger partial charge in [-0.2, -0.15) is 0 Å². The van der Waals surface area contributed by atoms with Gasteiger partial charge in [0.15, 0.2) is 0 Å². The second-order valence-corrected chi connectivity index (χ2v) is 4.51. The van der Waals surface area contributed by atoms with E-state index in [1.165, 1.54) is 18.2 Å². The van der Waals surface area contributed by atoms with Gasteiger partial charge in [-0.3, -0.25) is 4.79 Å². The molecule has 4 heteroatoms. The Balaban J connectivity index is 2.37. The lowest BCUT2D eigenvalue weighted by atomic mass is 9.90. The molecule has 17 heavy (non-hydrogen) atoms. The first kappa shape index (κ1) is 12.0. The van der Waals surface area contributed by atoms with Gasteiger partial charge in [-0.05, 0) is 19.1 Å². The van der Waals surface area contributed by atoms with Crippen molar-refractivity contribution in [1.82, 2.24) is 0 Å². The van der Waals surface area contributed by atoms with Crippen molar-refractivity contribution in [2.75, 3.05) is 11.4 Å². The van der Waals surface area contributed by atoms with E-state index >= 15 is 0 Å². The minimum Gasteiger partial charge on any atom is -0.363 e. The third-order valence-corrected chi connectivity index (χ3v) is 3.55. The third kappa shape index (κ3) is 2.04. The highest BCUT2D eigenvalue weighted by atomic mass is 19.1. The van der Waals surface area contributed by atoms with Crippen LogP contribution in [0.5, 0.6) is 0 Å². The molecule has 2 nitrogen and oxygen atoms in total. The summed E-state index contributed by atoms with van der Waals surface area (Å²) in [7, 11) is 0. The zero-order valence-electron chi connectivity index (χ0n) is 9.91. The zero-order valence-corrected chi connectivity index (χ0v) is 9.91. The fraction of sp³-hybridized carbons (Fsp3) is 0.462. The monoisotopic (exact) mass is 239 g/mol. The minimum atomic E-state index is -0.571. The standard InChI is InChI=1S/C13H15F2NO/c1-8-9(2)16(7-6-12(8)17)13-10(14)4-3-5-11(13)15/h3-5,8-9H,6-7H2,1-2H3. The molecule has 1 heterocycles. The second kappa shape index (κ2) is 4.43. The Hall–Kier alpha value is -1.45. The number of piperidine rings is 1. The van der Waals surface area contributed by atoms with Gasteiger partial charge in [0, 0.05) is 24.9 Å². The van der Waals surface area contributed by atoms with Gasteiger partial charge in [0.2, 0.25) is 0 Å². The molecule has 0 aromatic heterocycles. The Kier molecular flexibility index (Phi) is 3.13. The van der Waals surface area contributed by atoms with E-state index in [1.54, 1.807) is 11.8 Å². The van der Waals surface area contributed by atoms with Crippen molar-refractivity contribution in [1.29, 1.82) is 0 Å². The lowest BCUT2D eigenvalue weighted by molar-refractivity contribution is -0.123. The molecule has 0 N–H and O–H groups in total. The van der Waals surface area contributed by atoms with Crippen molar-refractivity contribution in [2.24, 2.45) is 5.92 Å². The van der Waals surface area contributed by atoms with Crippen LogP contribution in [0.15, 0.2) is 18.2 Å². The van der Waals surface area contributed by atoms with Gasteiger partial charge in [0.1, 0.15) is 23.1 Å². The number of ketones is 1. The number of halogens is 2. The van der Waals surface area contributed by atoms with Crippen LogP contribution in [-0.4, -0.2) is 18.4 Å². The molecular weight excluding hydrogens is 224 g/mol. The Bertz CT molecular complexity index is 427. The van der Waals surface area contributed by atoms with Gasteiger partial charge >= 0.3 is 0 Å². The number of nitrogens with zero attached hydrogens (tertiary/aromatic N) is 1. The summed E-state index contributed by atoms with van der Waals surface area (Å²) in [5, 5.41) is 0.